The highest BCUT2D eigenvalue weighted by Gasteiger charge is 2.39. The average Bonchev–Trinajstić information content (AvgIpc) is 2.72. The minimum Gasteiger partial charge on any atom is -0.337 e. The molecular formula is C21H23N3O3S. The minimum absolute atomic E-state index is 0.137. The van der Waals surface area contributed by atoms with Crippen molar-refractivity contribution in [2.24, 2.45) is 5.10 Å². The molecule has 28 heavy (non-hydrogen) atoms. The summed E-state index contributed by atoms with van der Waals surface area (Å²) in [7, 11) is -3.95. The van der Waals surface area contributed by atoms with E-state index in [1.54, 1.807) is 34.2 Å². The Labute approximate surface area is 165 Å². The number of para-hydroxylation sites is 1. The van der Waals surface area contributed by atoms with E-state index in [1.165, 1.54) is 0 Å². The van der Waals surface area contributed by atoms with Gasteiger partial charge in [0.1, 0.15) is 0 Å². The van der Waals surface area contributed by atoms with Crippen LogP contribution in [-0.2, 0) is 21.2 Å². The van der Waals surface area contributed by atoms with Crippen LogP contribution in [0.5, 0.6) is 0 Å². The van der Waals surface area contributed by atoms with Gasteiger partial charge in [-0.1, -0.05) is 42.0 Å². The van der Waals surface area contributed by atoms with E-state index in [9.17, 15) is 13.2 Å². The number of anilines is 1. The lowest BCUT2D eigenvalue weighted by atomic mass is 10.1. The van der Waals surface area contributed by atoms with Gasteiger partial charge >= 0.3 is 0 Å². The summed E-state index contributed by atoms with van der Waals surface area (Å²) >= 11 is 0. The summed E-state index contributed by atoms with van der Waals surface area (Å²) in [4.78, 5) is 14.8. The summed E-state index contributed by atoms with van der Waals surface area (Å²) in [5.74, 6) is -0.497. The standard InChI is InChI=1S/C21H23N3O3S/c1-16-9-11-17(12-10-16)15-24-18-7-3-4-8-19(18)28(26,27)20(22-24)21(25)23-13-5-2-6-14-23/h3-4,7-12H,2,5-6,13-15H2,1H3. The van der Waals surface area contributed by atoms with Crippen LogP contribution in [0.15, 0.2) is 58.5 Å². The smallest absolute Gasteiger partial charge is 0.286 e. The van der Waals surface area contributed by atoms with Crippen LogP contribution in [-0.4, -0.2) is 37.4 Å². The molecule has 0 aromatic heterocycles. The van der Waals surface area contributed by atoms with Gasteiger partial charge in [0.2, 0.25) is 14.9 Å². The van der Waals surface area contributed by atoms with Crippen molar-refractivity contribution in [3.05, 3.63) is 59.7 Å². The number of rotatable bonds is 3. The molecule has 2 aliphatic rings. The molecule has 2 aliphatic heterocycles. The molecule has 1 amide bonds. The predicted molar refractivity (Wildman–Crippen MR) is 109 cm³/mol. The summed E-state index contributed by atoms with van der Waals surface area (Å²) in [6.45, 7) is 3.56. The Balaban J connectivity index is 1.75. The molecule has 0 saturated carbocycles. The number of hydrogen-bond donors (Lipinski definition) is 0. The van der Waals surface area contributed by atoms with Gasteiger partial charge in [-0.25, -0.2) is 8.42 Å². The van der Waals surface area contributed by atoms with Crippen molar-refractivity contribution in [1.82, 2.24) is 4.90 Å². The fourth-order valence-corrected chi connectivity index (χ4v) is 5.08. The number of carbonyl (C=O) groups is 1. The molecule has 0 unspecified atom stereocenters. The first-order valence-electron chi connectivity index (χ1n) is 9.52. The zero-order valence-corrected chi connectivity index (χ0v) is 16.7. The molecule has 2 heterocycles. The average molecular weight is 398 g/mol. The Morgan fingerprint density at radius 3 is 2.39 bits per heavy atom. The number of sulfone groups is 1. The van der Waals surface area contributed by atoms with E-state index in [2.05, 4.69) is 5.10 Å². The number of amides is 1. The lowest BCUT2D eigenvalue weighted by Crippen LogP contribution is -2.45. The van der Waals surface area contributed by atoms with E-state index in [0.29, 0.717) is 25.3 Å². The topological polar surface area (TPSA) is 70.1 Å². The van der Waals surface area contributed by atoms with Crippen molar-refractivity contribution in [3.8, 4) is 0 Å². The molecule has 4 rings (SSSR count). The monoisotopic (exact) mass is 397 g/mol. The molecule has 2 aromatic rings. The van der Waals surface area contributed by atoms with Crippen LogP contribution in [0.3, 0.4) is 0 Å². The molecule has 0 bridgehead atoms. The minimum atomic E-state index is -3.95. The molecule has 0 aliphatic carbocycles. The number of hydrazone groups is 1. The van der Waals surface area contributed by atoms with Gasteiger partial charge in [0, 0.05) is 13.1 Å². The zero-order chi connectivity index (χ0) is 19.7. The summed E-state index contributed by atoms with van der Waals surface area (Å²) in [6, 6.07) is 14.7. The van der Waals surface area contributed by atoms with E-state index < -0.39 is 15.7 Å². The van der Waals surface area contributed by atoms with E-state index in [0.717, 1.165) is 30.4 Å². The number of piperidine rings is 1. The second-order valence-corrected chi connectivity index (χ2v) is 9.11. The van der Waals surface area contributed by atoms with Gasteiger partial charge in [-0.2, -0.15) is 5.10 Å². The maximum atomic E-state index is 13.1. The van der Waals surface area contributed by atoms with Crippen molar-refractivity contribution in [1.29, 1.82) is 0 Å². The van der Waals surface area contributed by atoms with Crippen LogP contribution < -0.4 is 5.01 Å². The van der Waals surface area contributed by atoms with Crippen molar-refractivity contribution >= 4 is 26.5 Å². The molecule has 0 radical (unpaired) electrons. The normalized spacial score (nSPS) is 18.4. The molecule has 2 aromatic carbocycles. The maximum absolute atomic E-state index is 13.1. The van der Waals surface area contributed by atoms with Crippen LogP contribution in [0.2, 0.25) is 0 Å². The summed E-state index contributed by atoms with van der Waals surface area (Å²) in [5, 5.41) is 5.59. The fraction of sp³-hybridized carbons (Fsp3) is 0.333. The van der Waals surface area contributed by atoms with Gasteiger partial charge in [-0.05, 0) is 43.9 Å². The molecular weight excluding hydrogens is 374 g/mol. The van der Waals surface area contributed by atoms with Gasteiger partial charge < -0.3 is 4.90 Å². The van der Waals surface area contributed by atoms with Crippen LogP contribution in [0.1, 0.15) is 30.4 Å². The Kier molecular flexibility index (Phi) is 4.93. The van der Waals surface area contributed by atoms with Gasteiger partial charge in [0.15, 0.2) is 0 Å². The van der Waals surface area contributed by atoms with E-state index in [1.807, 2.05) is 31.2 Å². The molecule has 7 heteroatoms. The quantitative estimate of drug-likeness (QED) is 0.798. The maximum Gasteiger partial charge on any atom is 0.286 e. The predicted octanol–water partition coefficient (Wildman–Crippen LogP) is 3.11. The molecule has 0 N–H and O–H groups in total. The fourth-order valence-electron chi connectivity index (χ4n) is 3.60. The van der Waals surface area contributed by atoms with Gasteiger partial charge in [-0.3, -0.25) is 9.80 Å². The molecule has 146 valence electrons. The molecule has 0 atom stereocenters. The Morgan fingerprint density at radius 1 is 1.00 bits per heavy atom. The number of fused-ring (bicyclic) bond motifs is 1. The number of nitrogens with zero attached hydrogens (tertiary/aromatic N) is 3. The van der Waals surface area contributed by atoms with Crippen LogP contribution in [0.4, 0.5) is 5.69 Å². The van der Waals surface area contributed by atoms with Crippen molar-refractivity contribution in [2.45, 2.75) is 37.6 Å². The lowest BCUT2D eigenvalue weighted by Gasteiger charge is -2.31. The first-order chi connectivity index (χ1) is 13.5. The first kappa shape index (κ1) is 18.7. The molecule has 6 nitrogen and oxygen atoms in total. The van der Waals surface area contributed by atoms with Gasteiger partial charge in [0.25, 0.3) is 5.91 Å². The van der Waals surface area contributed by atoms with Crippen LogP contribution in [0, 0.1) is 6.92 Å². The summed E-state index contributed by atoms with van der Waals surface area (Å²) in [6.07, 6.45) is 2.84. The van der Waals surface area contributed by atoms with Crippen molar-refractivity contribution < 1.29 is 13.2 Å². The third kappa shape index (κ3) is 3.42. The van der Waals surface area contributed by atoms with Crippen molar-refractivity contribution in [2.75, 3.05) is 18.1 Å². The Hall–Kier alpha value is -2.67. The molecule has 1 saturated heterocycles. The van der Waals surface area contributed by atoms with Gasteiger partial charge in [0.05, 0.1) is 17.1 Å². The number of benzene rings is 2. The first-order valence-corrected chi connectivity index (χ1v) is 11.0. The zero-order valence-electron chi connectivity index (χ0n) is 15.8. The summed E-state index contributed by atoms with van der Waals surface area (Å²) in [5.41, 5.74) is 2.64. The van der Waals surface area contributed by atoms with Gasteiger partial charge in [-0.15, -0.1) is 0 Å². The lowest BCUT2D eigenvalue weighted by molar-refractivity contribution is -0.124. The Bertz CT molecular complexity index is 1020. The number of aryl methyl sites for hydroxylation is 1. The highest BCUT2D eigenvalue weighted by atomic mass is 32.2. The number of likely N-dealkylation sites (tertiary alicyclic amines) is 1. The number of hydrogen-bond acceptors (Lipinski definition) is 5. The highest BCUT2D eigenvalue weighted by molar-refractivity contribution is 8.08. The number of carbonyl (C=O) groups excluding carboxylic acids is 1. The van der Waals surface area contributed by atoms with E-state index in [-0.39, 0.29) is 9.94 Å². The SMILES string of the molecule is Cc1ccc(CN2N=C(C(=O)N3CCCCC3)S(=O)(=O)c3ccccc32)cc1. The third-order valence-electron chi connectivity index (χ3n) is 5.18. The Morgan fingerprint density at radius 2 is 1.68 bits per heavy atom. The largest absolute Gasteiger partial charge is 0.337 e. The van der Waals surface area contributed by atoms with E-state index >= 15 is 0 Å². The second-order valence-electron chi connectivity index (χ2n) is 7.27. The third-order valence-corrected chi connectivity index (χ3v) is 6.87. The molecule has 0 spiro atoms. The van der Waals surface area contributed by atoms with Crippen LogP contribution in [0.25, 0.3) is 0 Å². The molecule has 1 fully saturated rings. The second kappa shape index (κ2) is 7.39. The van der Waals surface area contributed by atoms with Crippen LogP contribution >= 0.6 is 0 Å². The summed E-state index contributed by atoms with van der Waals surface area (Å²) < 4.78 is 26.3. The van der Waals surface area contributed by atoms with Crippen molar-refractivity contribution in [3.63, 3.8) is 0 Å². The highest BCUT2D eigenvalue weighted by Crippen LogP contribution is 2.33. The van der Waals surface area contributed by atoms with E-state index in [4.69, 9.17) is 0 Å².